The molecule has 0 N–H and O–H groups in total. The first-order valence-electron chi connectivity index (χ1n) is 5.96. The van der Waals surface area contributed by atoms with Gasteiger partial charge in [-0.1, -0.05) is 12.7 Å². The number of hydrogen-bond donors (Lipinski definition) is 0. The summed E-state index contributed by atoms with van der Waals surface area (Å²) < 4.78 is 32.2. The topological polar surface area (TPSA) is 12.5 Å². The van der Waals surface area contributed by atoms with Crippen LogP contribution in [0.5, 0.6) is 5.75 Å². The number of methoxy groups -OCH3 is 1. The lowest BCUT2D eigenvalue weighted by molar-refractivity contribution is 0.359. The van der Waals surface area contributed by atoms with E-state index in [1.807, 2.05) is 24.0 Å². The van der Waals surface area contributed by atoms with Crippen LogP contribution in [0.25, 0.3) is 5.70 Å². The number of benzene rings is 1. The average Bonchev–Trinajstić information content (AvgIpc) is 2.38. The Bertz CT molecular complexity index is 553. The van der Waals surface area contributed by atoms with Crippen LogP contribution < -0.4 is 4.74 Å². The molecule has 0 atom stereocenters. The van der Waals surface area contributed by atoms with Gasteiger partial charge in [-0.15, -0.1) is 0 Å². The third kappa shape index (κ3) is 2.38. The molecule has 0 radical (unpaired) electrons. The van der Waals surface area contributed by atoms with Crippen LogP contribution in [0.3, 0.4) is 0 Å². The molecule has 0 amide bonds. The van der Waals surface area contributed by atoms with Crippen LogP contribution in [-0.2, 0) is 0 Å². The van der Waals surface area contributed by atoms with Crippen LogP contribution >= 0.6 is 0 Å². The maximum atomic E-state index is 13.7. The molecule has 0 spiro atoms. The van der Waals surface area contributed by atoms with Crippen molar-refractivity contribution >= 4 is 5.70 Å². The van der Waals surface area contributed by atoms with Gasteiger partial charge in [0.05, 0.1) is 7.11 Å². The summed E-state index contributed by atoms with van der Waals surface area (Å²) in [6.07, 6.45) is 5.46. The molecule has 0 bridgehead atoms. The summed E-state index contributed by atoms with van der Waals surface area (Å²) in [5.74, 6) is -1.79. The molecule has 2 nitrogen and oxygen atoms in total. The molecular formula is C15H15F2NO. The average molecular weight is 263 g/mol. The molecule has 0 saturated carbocycles. The fraction of sp³-hybridized carbons (Fsp3) is 0.200. The van der Waals surface area contributed by atoms with Crippen molar-refractivity contribution in [1.82, 2.24) is 4.90 Å². The van der Waals surface area contributed by atoms with Crippen LogP contribution in [0.1, 0.15) is 12.5 Å². The number of likely N-dealkylation sites (N-methyl/N-ethyl adjacent to an activating group) is 1. The van der Waals surface area contributed by atoms with Crippen LogP contribution in [0.4, 0.5) is 8.78 Å². The first kappa shape index (κ1) is 13.3. The second-order valence-corrected chi connectivity index (χ2v) is 4.12. The van der Waals surface area contributed by atoms with E-state index < -0.39 is 11.6 Å². The monoisotopic (exact) mass is 263 g/mol. The lowest BCUT2D eigenvalue weighted by atomic mass is 10.1. The molecule has 1 aliphatic rings. The SMILES string of the molecule is C=C1C=CC=C(c2cc(F)c(OC)c(F)c2)N1CC. The van der Waals surface area contributed by atoms with Crippen molar-refractivity contribution in [1.29, 1.82) is 0 Å². The minimum Gasteiger partial charge on any atom is -0.491 e. The Kier molecular flexibility index (Phi) is 3.69. The highest BCUT2D eigenvalue weighted by Crippen LogP contribution is 2.31. The molecule has 1 aromatic rings. The molecule has 2 rings (SSSR count). The molecular weight excluding hydrogens is 248 g/mol. The van der Waals surface area contributed by atoms with Gasteiger partial charge in [0, 0.05) is 23.5 Å². The zero-order valence-electron chi connectivity index (χ0n) is 10.9. The van der Waals surface area contributed by atoms with Gasteiger partial charge in [0.2, 0.25) is 0 Å². The van der Waals surface area contributed by atoms with Gasteiger partial charge in [-0.2, -0.15) is 0 Å². The number of nitrogens with zero attached hydrogens (tertiary/aromatic N) is 1. The summed E-state index contributed by atoms with van der Waals surface area (Å²) >= 11 is 0. The van der Waals surface area contributed by atoms with Gasteiger partial charge >= 0.3 is 0 Å². The van der Waals surface area contributed by atoms with Crippen LogP contribution in [0.2, 0.25) is 0 Å². The van der Waals surface area contributed by atoms with Crippen molar-refractivity contribution in [2.75, 3.05) is 13.7 Å². The van der Waals surface area contributed by atoms with Crippen molar-refractivity contribution in [2.45, 2.75) is 6.92 Å². The Labute approximate surface area is 111 Å². The van der Waals surface area contributed by atoms with Gasteiger partial charge in [-0.25, -0.2) is 8.78 Å². The fourth-order valence-electron chi connectivity index (χ4n) is 2.11. The van der Waals surface area contributed by atoms with Gasteiger partial charge < -0.3 is 9.64 Å². The Balaban J connectivity index is 2.50. The summed E-state index contributed by atoms with van der Waals surface area (Å²) in [5, 5.41) is 0. The second-order valence-electron chi connectivity index (χ2n) is 4.12. The molecule has 19 heavy (non-hydrogen) atoms. The Morgan fingerprint density at radius 2 is 1.89 bits per heavy atom. The largest absolute Gasteiger partial charge is 0.491 e. The van der Waals surface area contributed by atoms with Crippen LogP contribution in [0, 0.1) is 11.6 Å². The predicted octanol–water partition coefficient (Wildman–Crippen LogP) is 3.72. The summed E-state index contributed by atoms with van der Waals surface area (Å²) in [6.45, 7) is 6.53. The van der Waals surface area contributed by atoms with E-state index >= 15 is 0 Å². The highest BCUT2D eigenvalue weighted by molar-refractivity contribution is 5.70. The van der Waals surface area contributed by atoms with Crippen LogP contribution in [0.15, 0.2) is 42.6 Å². The van der Waals surface area contributed by atoms with E-state index in [0.717, 1.165) is 11.4 Å². The smallest absolute Gasteiger partial charge is 0.190 e. The van der Waals surface area contributed by atoms with Crippen molar-refractivity contribution in [3.63, 3.8) is 0 Å². The van der Waals surface area contributed by atoms with Crippen LogP contribution in [-0.4, -0.2) is 18.6 Å². The number of hydrogen-bond acceptors (Lipinski definition) is 2. The lowest BCUT2D eigenvalue weighted by Gasteiger charge is -2.29. The maximum Gasteiger partial charge on any atom is 0.190 e. The van der Waals surface area contributed by atoms with Crippen molar-refractivity contribution in [2.24, 2.45) is 0 Å². The molecule has 0 unspecified atom stereocenters. The van der Waals surface area contributed by atoms with E-state index in [-0.39, 0.29) is 5.75 Å². The quantitative estimate of drug-likeness (QED) is 0.824. The van der Waals surface area contributed by atoms with Crippen molar-refractivity contribution in [3.05, 3.63) is 59.8 Å². The number of rotatable bonds is 3. The first-order chi connectivity index (χ1) is 9.08. The minimum absolute atomic E-state index is 0.363. The molecule has 0 saturated heterocycles. The normalized spacial score (nSPS) is 14.6. The van der Waals surface area contributed by atoms with Gasteiger partial charge in [0.15, 0.2) is 17.4 Å². The molecule has 0 aromatic heterocycles. The number of ether oxygens (including phenoxy) is 1. The zero-order valence-corrected chi connectivity index (χ0v) is 10.9. The Morgan fingerprint density at radius 1 is 1.26 bits per heavy atom. The van der Waals surface area contributed by atoms with Gasteiger partial charge in [-0.05, 0) is 31.2 Å². The summed E-state index contributed by atoms with van der Waals surface area (Å²) in [6, 6.07) is 2.53. The molecule has 1 heterocycles. The molecule has 0 aliphatic carbocycles. The van der Waals surface area contributed by atoms with E-state index in [1.54, 1.807) is 6.08 Å². The van der Waals surface area contributed by atoms with Gasteiger partial charge in [-0.3, -0.25) is 0 Å². The second kappa shape index (κ2) is 5.26. The molecule has 0 fully saturated rings. The molecule has 1 aromatic carbocycles. The highest BCUT2D eigenvalue weighted by atomic mass is 19.1. The van der Waals surface area contributed by atoms with E-state index in [9.17, 15) is 8.78 Å². The van der Waals surface area contributed by atoms with E-state index in [4.69, 9.17) is 0 Å². The van der Waals surface area contributed by atoms with Gasteiger partial charge in [0.25, 0.3) is 0 Å². The molecule has 100 valence electrons. The van der Waals surface area contributed by atoms with Gasteiger partial charge in [0.1, 0.15) is 0 Å². The standard InChI is InChI=1S/C15H15F2NO/c1-4-18-10(2)6-5-7-14(18)11-8-12(16)15(19-3)13(17)9-11/h5-9H,2,4H2,1,3H3. The van der Waals surface area contributed by atoms with E-state index in [2.05, 4.69) is 11.3 Å². The third-order valence-electron chi connectivity index (χ3n) is 2.99. The predicted molar refractivity (Wildman–Crippen MR) is 71.5 cm³/mol. The summed E-state index contributed by atoms with van der Waals surface area (Å²) in [5.41, 5.74) is 1.97. The third-order valence-corrected chi connectivity index (χ3v) is 2.99. The van der Waals surface area contributed by atoms with E-state index in [1.165, 1.54) is 19.2 Å². The number of halogens is 2. The number of allylic oxidation sites excluding steroid dienone is 3. The van der Waals surface area contributed by atoms with Crippen molar-refractivity contribution < 1.29 is 13.5 Å². The summed E-state index contributed by atoms with van der Waals surface area (Å²) in [7, 11) is 1.24. The minimum atomic E-state index is -0.713. The lowest BCUT2D eigenvalue weighted by Crippen LogP contribution is -2.21. The summed E-state index contributed by atoms with van der Waals surface area (Å²) in [4.78, 5) is 1.89. The fourth-order valence-corrected chi connectivity index (χ4v) is 2.11. The molecule has 4 heteroatoms. The van der Waals surface area contributed by atoms with Crippen molar-refractivity contribution in [3.8, 4) is 5.75 Å². The zero-order chi connectivity index (χ0) is 14.0. The Morgan fingerprint density at radius 3 is 2.42 bits per heavy atom. The first-order valence-corrected chi connectivity index (χ1v) is 5.96. The molecule has 1 aliphatic heterocycles. The highest BCUT2D eigenvalue weighted by Gasteiger charge is 2.18. The Hall–Kier alpha value is -2.10. The maximum absolute atomic E-state index is 13.7. The van der Waals surface area contributed by atoms with E-state index in [0.29, 0.717) is 12.1 Å².